The molecule has 5 nitrogen and oxygen atoms in total. The van der Waals surface area contributed by atoms with Gasteiger partial charge < -0.3 is 15.7 Å². The monoisotopic (exact) mass is 548 g/mol. The molecule has 1 aliphatic rings. The summed E-state index contributed by atoms with van der Waals surface area (Å²) in [5, 5.41) is 16.9. The Hall–Kier alpha value is -0.870. The fraction of sp³-hybridized carbons (Fsp3) is 0.476. The number of aliphatic hydroxyl groups is 1. The van der Waals surface area contributed by atoms with Crippen LogP contribution in [0.25, 0.3) is 0 Å². The number of benzene rings is 1. The van der Waals surface area contributed by atoms with Crippen LogP contribution in [-0.2, 0) is 13.0 Å². The zero-order valence-electron chi connectivity index (χ0n) is 16.7. The fourth-order valence-electron chi connectivity index (χ4n) is 3.37. The molecule has 1 aliphatic heterocycles. The summed E-state index contributed by atoms with van der Waals surface area (Å²) in [6.45, 7) is 7.23. The number of nitrogens with one attached hydrogen (secondary N) is 2. The van der Waals surface area contributed by atoms with Gasteiger partial charge in [0.05, 0.1) is 10.9 Å². The maximum atomic E-state index is 10.3. The van der Waals surface area contributed by atoms with E-state index in [4.69, 9.17) is 11.6 Å². The summed E-state index contributed by atoms with van der Waals surface area (Å²) in [4.78, 5) is 7.86. The van der Waals surface area contributed by atoms with E-state index in [1.165, 1.54) is 22.5 Å². The number of hydrogen-bond donors (Lipinski definition) is 3. The Kier molecular flexibility index (Phi) is 10.7. The second-order valence-electron chi connectivity index (χ2n) is 6.95. The number of aliphatic imine (C=N–C) groups is 1. The molecule has 160 valence electrons. The van der Waals surface area contributed by atoms with Crippen molar-refractivity contribution in [1.82, 2.24) is 15.5 Å². The predicted molar refractivity (Wildman–Crippen MR) is 134 cm³/mol. The standard InChI is InChI=1S/C21H29ClN4OS.HI/c1-2-23-21(25-14-18(27)19-8-9-20(22)28-19)24-11-5-12-26-13-10-16-6-3-4-7-17(16)15-26;/h3-4,6-9,18,27H,2,5,10-15H2,1H3,(H2,23,24,25);1H. The molecule has 29 heavy (non-hydrogen) atoms. The van der Waals surface area contributed by atoms with E-state index in [2.05, 4.69) is 44.8 Å². The predicted octanol–water partition coefficient (Wildman–Crippen LogP) is 4.06. The van der Waals surface area contributed by atoms with Gasteiger partial charge in [-0.15, -0.1) is 35.3 Å². The molecule has 1 atom stereocenters. The summed E-state index contributed by atoms with van der Waals surface area (Å²) in [6, 6.07) is 12.4. The first-order chi connectivity index (χ1) is 13.7. The summed E-state index contributed by atoms with van der Waals surface area (Å²) in [6.07, 6.45) is 1.56. The molecule has 2 aromatic rings. The maximum absolute atomic E-state index is 10.3. The molecule has 0 bridgehead atoms. The van der Waals surface area contributed by atoms with Gasteiger partial charge in [0.2, 0.25) is 0 Å². The van der Waals surface area contributed by atoms with Gasteiger partial charge in [0, 0.05) is 37.6 Å². The van der Waals surface area contributed by atoms with Gasteiger partial charge in [-0.25, -0.2) is 0 Å². The van der Waals surface area contributed by atoms with Crippen LogP contribution in [0, 0.1) is 0 Å². The first-order valence-corrected chi connectivity index (χ1v) is 11.1. The highest BCUT2D eigenvalue weighted by Crippen LogP contribution is 2.26. The molecule has 2 heterocycles. The molecule has 0 amide bonds. The van der Waals surface area contributed by atoms with Crippen LogP contribution >= 0.6 is 46.9 Å². The van der Waals surface area contributed by atoms with Crippen molar-refractivity contribution in [2.45, 2.75) is 32.4 Å². The maximum Gasteiger partial charge on any atom is 0.191 e. The quantitative estimate of drug-likeness (QED) is 0.202. The molecule has 0 fully saturated rings. The van der Waals surface area contributed by atoms with Gasteiger partial charge >= 0.3 is 0 Å². The third-order valence-corrected chi connectivity index (χ3v) is 6.17. The number of nitrogens with zero attached hydrogens (tertiary/aromatic N) is 2. The van der Waals surface area contributed by atoms with E-state index >= 15 is 0 Å². The van der Waals surface area contributed by atoms with Crippen LogP contribution < -0.4 is 10.6 Å². The van der Waals surface area contributed by atoms with E-state index in [1.807, 2.05) is 13.0 Å². The SMILES string of the molecule is CCNC(=NCC(O)c1ccc(Cl)s1)NCCCN1CCc2ccccc2C1.I. The van der Waals surface area contributed by atoms with Crippen LogP contribution in [-0.4, -0.2) is 48.7 Å². The van der Waals surface area contributed by atoms with Gasteiger partial charge in [0.15, 0.2) is 5.96 Å². The molecule has 0 radical (unpaired) electrons. The third-order valence-electron chi connectivity index (χ3n) is 4.84. The molecule has 0 saturated heterocycles. The third kappa shape index (κ3) is 7.71. The zero-order chi connectivity index (χ0) is 19.8. The highest BCUT2D eigenvalue weighted by Gasteiger charge is 2.15. The number of aliphatic hydroxyl groups excluding tert-OH is 1. The Morgan fingerprint density at radius 3 is 2.76 bits per heavy atom. The first-order valence-electron chi connectivity index (χ1n) is 9.90. The highest BCUT2D eigenvalue weighted by atomic mass is 127. The lowest BCUT2D eigenvalue weighted by molar-refractivity contribution is 0.191. The van der Waals surface area contributed by atoms with Crippen LogP contribution in [0.1, 0.15) is 35.5 Å². The van der Waals surface area contributed by atoms with Crippen LogP contribution in [0.5, 0.6) is 0 Å². The number of hydrogen-bond acceptors (Lipinski definition) is 4. The van der Waals surface area contributed by atoms with Gasteiger partial charge in [-0.05, 0) is 43.0 Å². The van der Waals surface area contributed by atoms with Crippen molar-refractivity contribution < 1.29 is 5.11 Å². The highest BCUT2D eigenvalue weighted by molar-refractivity contribution is 14.0. The Balaban J connectivity index is 0.00000300. The van der Waals surface area contributed by atoms with Gasteiger partial charge in [0.25, 0.3) is 0 Å². The summed E-state index contributed by atoms with van der Waals surface area (Å²) < 4.78 is 0.684. The Morgan fingerprint density at radius 2 is 2.03 bits per heavy atom. The van der Waals surface area contributed by atoms with Crippen molar-refractivity contribution in [3.8, 4) is 0 Å². The van der Waals surface area contributed by atoms with Gasteiger partial charge in [-0.3, -0.25) is 9.89 Å². The molecule has 1 aromatic heterocycles. The summed E-state index contributed by atoms with van der Waals surface area (Å²) in [7, 11) is 0. The van der Waals surface area contributed by atoms with Crippen molar-refractivity contribution in [2.24, 2.45) is 4.99 Å². The minimum absolute atomic E-state index is 0. The van der Waals surface area contributed by atoms with Crippen LogP contribution in [0.2, 0.25) is 4.34 Å². The Morgan fingerprint density at radius 1 is 1.24 bits per heavy atom. The van der Waals surface area contributed by atoms with Crippen molar-refractivity contribution in [2.75, 3.05) is 32.7 Å². The molecular formula is C21H30ClIN4OS. The number of rotatable bonds is 8. The number of thiophene rings is 1. The minimum Gasteiger partial charge on any atom is -0.386 e. The van der Waals surface area contributed by atoms with E-state index < -0.39 is 6.10 Å². The number of fused-ring (bicyclic) bond motifs is 1. The van der Waals surface area contributed by atoms with E-state index in [0.29, 0.717) is 10.9 Å². The van der Waals surface area contributed by atoms with Crippen LogP contribution in [0.4, 0.5) is 0 Å². The molecule has 0 spiro atoms. The van der Waals surface area contributed by atoms with Crippen LogP contribution in [0.15, 0.2) is 41.4 Å². The van der Waals surface area contributed by atoms with Crippen molar-refractivity contribution in [1.29, 1.82) is 0 Å². The van der Waals surface area contributed by atoms with Gasteiger partial charge in [-0.2, -0.15) is 0 Å². The lowest BCUT2D eigenvalue weighted by Gasteiger charge is -2.28. The summed E-state index contributed by atoms with van der Waals surface area (Å²) in [5.74, 6) is 0.744. The van der Waals surface area contributed by atoms with Crippen molar-refractivity contribution >= 4 is 52.9 Å². The largest absolute Gasteiger partial charge is 0.386 e. The average molecular weight is 549 g/mol. The second kappa shape index (κ2) is 12.7. The van der Waals surface area contributed by atoms with E-state index in [-0.39, 0.29) is 24.0 Å². The lowest BCUT2D eigenvalue weighted by atomic mass is 10.00. The molecule has 1 unspecified atom stereocenters. The fourth-order valence-corrected chi connectivity index (χ4v) is 4.41. The molecule has 0 aliphatic carbocycles. The number of guanidine groups is 1. The van der Waals surface area contributed by atoms with Gasteiger partial charge in [0.1, 0.15) is 6.10 Å². The van der Waals surface area contributed by atoms with E-state index in [9.17, 15) is 5.11 Å². The van der Waals surface area contributed by atoms with Gasteiger partial charge in [-0.1, -0.05) is 35.9 Å². The summed E-state index contributed by atoms with van der Waals surface area (Å²) in [5.41, 5.74) is 2.95. The molecule has 3 rings (SSSR count). The smallest absolute Gasteiger partial charge is 0.191 e. The Bertz CT molecular complexity index is 786. The van der Waals surface area contributed by atoms with Crippen molar-refractivity contribution in [3.05, 3.63) is 56.7 Å². The minimum atomic E-state index is -0.624. The van der Waals surface area contributed by atoms with E-state index in [0.717, 1.165) is 56.4 Å². The summed E-state index contributed by atoms with van der Waals surface area (Å²) >= 11 is 7.33. The second-order valence-corrected chi connectivity index (χ2v) is 8.70. The Labute approximate surface area is 199 Å². The van der Waals surface area contributed by atoms with E-state index in [1.54, 1.807) is 6.07 Å². The average Bonchev–Trinajstić information content (AvgIpc) is 3.15. The van der Waals surface area contributed by atoms with Crippen LogP contribution in [0.3, 0.4) is 0 Å². The lowest BCUT2D eigenvalue weighted by Crippen LogP contribution is -2.39. The first kappa shape index (κ1) is 24.4. The molecule has 8 heteroatoms. The molecular weight excluding hydrogens is 519 g/mol. The zero-order valence-corrected chi connectivity index (χ0v) is 20.6. The molecule has 0 saturated carbocycles. The van der Waals surface area contributed by atoms with Crippen molar-refractivity contribution in [3.63, 3.8) is 0 Å². The normalized spacial score (nSPS) is 15.3. The molecule has 3 N–H and O–H groups in total. The number of halogens is 2. The molecule has 1 aromatic carbocycles. The topological polar surface area (TPSA) is 59.9 Å².